The van der Waals surface area contributed by atoms with Crippen molar-refractivity contribution in [1.82, 2.24) is 9.47 Å². The van der Waals surface area contributed by atoms with Crippen molar-refractivity contribution >= 4 is 22.8 Å². The van der Waals surface area contributed by atoms with Crippen molar-refractivity contribution < 1.29 is 14.7 Å². The van der Waals surface area contributed by atoms with Gasteiger partial charge in [0, 0.05) is 35.6 Å². The lowest BCUT2D eigenvalue weighted by atomic mass is 9.77. The molecule has 3 fully saturated rings. The molecule has 1 amide bonds. The molecule has 4 atom stereocenters. The molecule has 2 aromatic rings. The van der Waals surface area contributed by atoms with E-state index in [-0.39, 0.29) is 18.0 Å². The summed E-state index contributed by atoms with van der Waals surface area (Å²) in [5.41, 5.74) is 1.08. The highest BCUT2D eigenvalue weighted by atomic mass is 16.4. The van der Waals surface area contributed by atoms with Crippen molar-refractivity contribution in [3.8, 4) is 0 Å². The number of aromatic carboxylic acids is 1. The summed E-state index contributed by atoms with van der Waals surface area (Å²) in [4.78, 5) is 26.3. The van der Waals surface area contributed by atoms with Crippen LogP contribution in [0.1, 0.15) is 29.6 Å². The maximum Gasteiger partial charge on any atom is 0.337 e. The second-order valence-electron chi connectivity index (χ2n) is 7.53. The maximum absolute atomic E-state index is 12.8. The Balaban J connectivity index is 1.41. The van der Waals surface area contributed by atoms with Crippen molar-refractivity contribution in [2.75, 3.05) is 6.54 Å². The van der Waals surface area contributed by atoms with E-state index in [0.29, 0.717) is 17.3 Å². The van der Waals surface area contributed by atoms with Gasteiger partial charge in [0.2, 0.25) is 5.91 Å². The molecule has 4 unspecified atom stereocenters. The number of para-hydroxylation sites is 1. The molecule has 5 nitrogen and oxygen atoms in total. The number of carboxylic acid groups (broad SMARTS) is 1. The first-order chi connectivity index (χ1) is 11.6. The Hall–Kier alpha value is -2.30. The van der Waals surface area contributed by atoms with Gasteiger partial charge in [-0.3, -0.25) is 4.79 Å². The second-order valence-corrected chi connectivity index (χ2v) is 7.53. The van der Waals surface area contributed by atoms with Crippen molar-refractivity contribution in [2.45, 2.75) is 31.8 Å². The van der Waals surface area contributed by atoms with E-state index in [0.717, 1.165) is 23.9 Å². The number of hydrogen-bond acceptors (Lipinski definition) is 2. The van der Waals surface area contributed by atoms with E-state index >= 15 is 0 Å². The van der Waals surface area contributed by atoms with E-state index in [2.05, 4.69) is 0 Å². The molecule has 1 aromatic heterocycles. The molecule has 0 spiro atoms. The summed E-state index contributed by atoms with van der Waals surface area (Å²) >= 11 is 0. The summed E-state index contributed by atoms with van der Waals surface area (Å²) in [6.45, 7) is 1.13. The lowest BCUT2D eigenvalue weighted by molar-refractivity contribution is -0.147. The summed E-state index contributed by atoms with van der Waals surface area (Å²) in [7, 11) is 0. The zero-order valence-corrected chi connectivity index (χ0v) is 13.4. The fourth-order valence-electron chi connectivity index (χ4n) is 5.39. The second kappa shape index (κ2) is 4.85. The molecule has 5 heteroatoms. The number of carbonyl (C=O) groups is 2. The van der Waals surface area contributed by atoms with Gasteiger partial charge in [0.15, 0.2) is 0 Å². The van der Waals surface area contributed by atoms with Crippen LogP contribution in [0.3, 0.4) is 0 Å². The van der Waals surface area contributed by atoms with Crippen LogP contribution < -0.4 is 0 Å². The number of aromatic nitrogens is 1. The molecule has 124 valence electrons. The highest BCUT2D eigenvalue weighted by Crippen LogP contribution is 2.55. The van der Waals surface area contributed by atoms with Crippen LogP contribution in [0.5, 0.6) is 0 Å². The molecule has 1 aliphatic heterocycles. The van der Waals surface area contributed by atoms with Crippen LogP contribution >= 0.6 is 0 Å². The third-order valence-electron chi connectivity index (χ3n) is 6.45. The molecule has 2 saturated carbocycles. The van der Waals surface area contributed by atoms with Crippen LogP contribution in [-0.4, -0.2) is 39.0 Å². The molecule has 2 bridgehead atoms. The molecule has 2 aliphatic carbocycles. The van der Waals surface area contributed by atoms with E-state index < -0.39 is 5.97 Å². The smallest absolute Gasteiger partial charge is 0.337 e. The van der Waals surface area contributed by atoms with Gasteiger partial charge in [-0.25, -0.2) is 4.79 Å². The van der Waals surface area contributed by atoms with Gasteiger partial charge in [0.05, 0.1) is 5.56 Å². The number of likely N-dealkylation sites (tertiary alicyclic amines) is 1. The number of benzene rings is 1. The lowest BCUT2D eigenvalue weighted by Gasteiger charge is -2.50. The van der Waals surface area contributed by atoms with Gasteiger partial charge in [-0.2, -0.15) is 0 Å². The largest absolute Gasteiger partial charge is 0.478 e. The Morgan fingerprint density at radius 3 is 2.75 bits per heavy atom. The topological polar surface area (TPSA) is 62.5 Å². The number of rotatable bonds is 3. The monoisotopic (exact) mass is 324 g/mol. The van der Waals surface area contributed by atoms with Crippen LogP contribution in [0.2, 0.25) is 0 Å². The van der Waals surface area contributed by atoms with Crippen molar-refractivity contribution in [1.29, 1.82) is 0 Å². The molecular weight excluding hydrogens is 304 g/mol. The van der Waals surface area contributed by atoms with Crippen LogP contribution in [0.25, 0.3) is 10.9 Å². The zero-order valence-electron chi connectivity index (χ0n) is 13.4. The Labute approximate surface area is 139 Å². The minimum absolute atomic E-state index is 0.126. The molecule has 1 N–H and O–H groups in total. The average molecular weight is 324 g/mol. The van der Waals surface area contributed by atoms with Gasteiger partial charge in [-0.05, 0) is 37.2 Å². The van der Waals surface area contributed by atoms with Gasteiger partial charge in [-0.1, -0.05) is 18.2 Å². The predicted molar refractivity (Wildman–Crippen MR) is 88.7 cm³/mol. The van der Waals surface area contributed by atoms with E-state index in [1.54, 1.807) is 16.8 Å². The standard InChI is InChI=1S/C19H20N2O3/c22-17(21-9-14-11-5-6-12(7-11)18(14)21)10-20-8-15(19(23)24)13-3-1-2-4-16(13)20/h1-4,8,11-12,14,18H,5-7,9-10H2,(H,23,24). The zero-order chi connectivity index (χ0) is 16.4. The minimum atomic E-state index is -0.950. The minimum Gasteiger partial charge on any atom is -0.478 e. The average Bonchev–Trinajstić information content (AvgIpc) is 3.18. The van der Waals surface area contributed by atoms with Crippen molar-refractivity contribution in [2.24, 2.45) is 17.8 Å². The number of fused-ring (bicyclic) bond motifs is 6. The maximum atomic E-state index is 12.8. The van der Waals surface area contributed by atoms with Crippen LogP contribution in [0, 0.1) is 17.8 Å². The van der Waals surface area contributed by atoms with E-state index in [1.165, 1.54) is 19.3 Å². The van der Waals surface area contributed by atoms with Crippen LogP contribution in [-0.2, 0) is 11.3 Å². The first kappa shape index (κ1) is 14.1. The fourth-order valence-corrected chi connectivity index (χ4v) is 5.39. The summed E-state index contributed by atoms with van der Waals surface area (Å²) in [5.74, 6) is 1.45. The highest BCUT2D eigenvalue weighted by molar-refractivity contribution is 6.03. The van der Waals surface area contributed by atoms with Crippen LogP contribution in [0.4, 0.5) is 0 Å². The number of carbonyl (C=O) groups excluding carboxylic acids is 1. The molecule has 1 saturated heterocycles. The fraction of sp³-hybridized carbons (Fsp3) is 0.474. The van der Waals surface area contributed by atoms with Gasteiger partial charge in [-0.15, -0.1) is 0 Å². The molecule has 0 radical (unpaired) electrons. The Morgan fingerprint density at radius 2 is 1.96 bits per heavy atom. The van der Waals surface area contributed by atoms with E-state index in [9.17, 15) is 14.7 Å². The molecule has 1 aromatic carbocycles. The molecule has 24 heavy (non-hydrogen) atoms. The summed E-state index contributed by atoms with van der Waals surface area (Å²) in [5, 5.41) is 10.1. The number of amides is 1. The summed E-state index contributed by atoms with van der Waals surface area (Å²) in [6.07, 6.45) is 5.51. The summed E-state index contributed by atoms with van der Waals surface area (Å²) in [6, 6.07) is 7.85. The van der Waals surface area contributed by atoms with Crippen LogP contribution in [0.15, 0.2) is 30.5 Å². The molecule has 2 heterocycles. The third-order valence-corrected chi connectivity index (χ3v) is 6.45. The Morgan fingerprint density at radius 1 is 1.17 bits per heavy atom. The van der Waals surface area contributed by atoms with E-state index in [4.69, 9.17) is 0 Å². The van der Waals surface area contributed by atoms with Crippen molar-refractivity contribution in [3.63, 3.8) is 0 Å². The van der Waals surface area contributed by atoms with Gasteiger partial charge in [0.25, 0.3) is 0 Å². The molecular formula is C19H20N2O3. The van der Waals surface area contributed by atoms with Gasteiger partial charge < -0.3 is 14.6 Å². The normalized spacial score (nSPS) is 30.4. The Bertz CT molecular complexity index is 853. The summed E-state index contributed by atoms with van der Waals surface area (Å²) < 4.78 is 1.79. The first-order valence-electron chi connectivity index (χ1n) is 8.74. The SMILES string of the molecule is O=C(O)c1cn(CC(=O)N2CC3C4CCC(C4)C32)c2ccccc12. The Kier molecular flexibility index (Phi) is 2.84. The number of carboxylic acids is 1. The number of hydrogen-bond donors (Lipinski definition) is 1. The van der Waals surface area contributed by atoms with Gasteiger partial charge >= 0.3 is 5.97 Å². The molecule has 3 aliphatic rings. The van der Waals surface area contributed by atoms with E-state index in [1.807, 2.05) is 23.1 Å². The quantitative estimate of drug-likeness (QED) is 0.944. The van der Waals surface area contributed by atoms with Crippen molar-refractivity contribution in [3.05, 3.63) is 36.0 Å². The first-order valence-corrected chi connectivity index (χ1v) is 8.74. The lowest BCUT2D eigenvalue weighted by Crippen LogP contribution is -2.61. The predicted octanol–water partition coefficient (Wildman–Crippen LogP) is 2.60. The molecule has 5 rings (SSSR count). The van der Waals surface area contributed by atoms with Gasteiger partial charge in [0.1, 0.15) is 6.54 Å². The highest BCUT2D eigenvalue weighted by Gasteiger charge is 2.57. The number of nitrogens with zero attached hydrogens (tertiary/aromatic N) is 2. The third kappa shape index (κ3) is 1.81.